The van der Waals surface area contributed by atoms with E-state index in [1.165, 1.54) is 0 Å². The maximum atomic E-state index is 11.9. The van der Waals surface area contributed by atoms with Crippen LogP contribution < -0.4 is 0 Å². The highest BCUT2D eigenvalue weighted by Crippen LogP contribution is 2.41. The molecule has 1 rings (SSSR count). The summed E-state index contributed by atoms with van der Waals surface area (Å²) in [4.78, 5) is 11.9. The molecule has 78 valence electrons. The summed E-state index contributed by atoms with van der Waals surface area (Å²) in [7, 11) is 0. The van der Waals surface area contributed by atoms with Gasteiger partial charge in [0.05, 0.1) is 0 Å². The van der Waals surface area contributed by atoms with Crippen LogP contribution in [0, 0.1) is 17.3 Å². The van der Waals surface area contributed by atoms with Crippen molar-refractivity contribution in [3.05, 3.63) is 24.3 Å². The number of carbonyl (C=O) groups excluding carboxylic acids is 1. The zero-order chi connectivity index (χ0) is 10.8. The summed E-state index contributed by atoms with van der Waals surface area (Å²) in [5, 5.41) is 0. The molecule has 1 aliphatic carbocycles. The van der Waals surface area contributed by atoms with Crippen molar-refractivity contribution in [3.63, 3.8) is 0 Å². The number of rotatable bonds is 2. The fraction of sp³-hybridized carbons (Fsp3) is 0.615. The van der Waals surface area contributed by atoms with Crippen LogP contribution in [-0.4, -0.2) is 5.78 Å². The largest absolute Gasteiger partial charge is 0.295 e. The van der Waals surface area contributed by atoms with Gasteiger partial charge >= 0.3 is 0 Å². The molecule has 1 heteroatoms. The molecule has 0 aromatic rings. The molecule has 0 N–H and O–H groups in total. The van der Waals surface area contributed by atoms with Gasteiger partial charge in [0.1, 0.15) is 0 Å². The van der Waals surface area contributed by atoms with Crippen LogP contribution in [0.1, 0.15) is 34.1 Å². The SMILES string of the molecule is C/C=C/C(=O)[C@H]1C(C)C=CCC1(C)C. The first kappa shape index (κ1) is 11.2. The third-order valence-corrected chi connectivity index (χ3v) is 3.09. The van der Waals surface area contributed by atoms with Crippen molar-refractivity contribution >= 4 is 5.78 Å². The molecule has 0 spiro atoms. The lowest BCUT2D eigenvalue weighted by Crippen LogP contribution is -2.36. The van der Waals surface area contributed by atoms with E-state index in [2.05, 4.69) is 32.9 Å². The van der Waals surface area contributed by atoms with Crippen LogP contribution >= 0.6 is 0 Å². The molecule has 0 bridgehead atoms. The summed E-state index contributed by atoms with van der Waals surface area (Å²) < 4.78 is 0. The monoisotopic (exact) mass is 192 g/mol. The van der Waals surface area contributed by atoms with Gasteiger partial charge in [-0.25, -0.2) is 0 Å². The van der Waals surface area contributed by atoms with Crippen molar-refractivity contribution in [1.29, 1.82) is 0 Å². The Morgan fingerprint density at radius 2 is 2.14 bits per heavy atom. The van der Waals surface area contributed by atoms with Crippen molar-refractivity contribution in [3.8, 4) is 0 Å². The maximum Gasteiger partial charge on any atom is 0.159 e. The molecule has 0 aliphatic heterocycles. The molecule has 14 heavy (non-hydrogen) atoms. The molecule has 1 nitrogen and oxygen atoms in total. The van der Waals surface area contributed by atoms with E-state index in [0.717, 1.165) is 6.42 Å². The van der Waals surface area contributed by atoms with Crippen molar-refractivity contribution in [1.82, 2.24) is 0 Å². The van der Waals surface area contributed by atoms with Gasteiger partial charge in [0, 0.05) is 5.92 Å². The lowest BCUT2D eigenvalue weighted by Gasteiger charge is -2.38. The minimum atomic E-state index is 0.102. The second-order valence-corrected chi connectivity index (χ2v) is 4.86. The van der Waals surface area contributed by atoms with E-state index < -0.39 is 0 Å². The Morgan fingerprint density at radius 3 is 2.64 bits per heavy atom. The lowest BCUT2D eigenvalue weighted by molar-refractivity contribution is -0.123. The average Bonchev–Trinajstić information content (AvgIpc) is 2.02. The number of hydrogen-bond donors (Lipinski definition) is 0. The first-order valence-corrected chi connectivity index (χ1v) is 5.32. The molecular weight excluding hydrogens is 172 g/mol. The van der Waals surface area contributed by atoms with Gasteiger partial charge in [-0.2, -0.15) is 0 Å². The van der Waals surface area contributed by atoms with Gasteiger partial charge in [-0.15, -0.1) is 0 Å². The Hall–Kier alpha value is -0.850. The van der Waals surface area contributed by atoms with E-state index in [0.29, 0.717) is 5.92 Å². The number of hydrogen-bond acceptors (Lipinski definition) is 1. The van der Waals surface area contributed by atoms with Crippen LogP contribution in [0.15, 0.2) is 24.3 Å². The van der Waals surface area contributed by atoms with E-state index >= 15 is 0 Å². The fourth-order valence-electron chi connectivity index (χ4n) is 2.45. The lowest BCUT2D eigenvalue weighted by atomic mass is 9.65. The quantitative estimate of drug-likeness (QED) is 0.484. The predicted molar refractivity (Wildman–Crippen MR) is 60.0 cm³/mol. The molecule has 1 aliphatic rings. The van der Waals surface area contributed by atoms with Gasteiger partial charge in [-0.05, 0) is 30.8 Å². The molecule has 0 heterocycles. The van der Waals surface area contributed by atoms with Gasteiger partial charge in [-0.1, -0.05) is 39.0 Å². The molecule has 0 aromatic carbocycles. The third-order valence-electron chi connectivity index (χ3n) is 3.09. The zero-order valence-electron chi connectivity index (χ0n) is 9.58. The molecule has 0 saturated heterocycles. The normalized spacial score (nSPS) is 30.9. The van der Waals surface area contributed by atoms with Crippen molar-refractivity contribution in [2.45, 2.75) is 34.1 Å². The second kappa shape index (κ2) is 4.12. The molecule has 0 amide bonds. The van der Waals surface area contributed by atoms with E-state index in [4.69, 9.17) is 0 Å². The molecule has 0 fully saturated rings. The van der Waals surface area contributed by atoms with Crippen LogP contribution in [-0.2, 0) is 4.79 Å². The molecular formula is C13H20O. The Kier molecular flexibility index (Phi) is 3.30. The van der Waals surface area contributed by atoms with Crippen molar-refractivity contribution < 1.29 is 4.79 Å². The molecule has 1 unspecified atom stereocenters. The first-order chi connectivity index (χ1) is 6.49. The summed E-state index contributed by atoms with van der Waals surface area (Å²) >= 11 is 0. The molecule has 0 radical (unpaired) electrons. The number of ketones is 1. The summed E-state index contributed by atoms with van der Waals surface area (Å²) in [5.74, 6) is 0.778. The smallest absolute Gasteiger partial charge is 0.159 e. The highest BCUT2D eigenvalue weighted by molar-refractivity contribution is 5.92. The van der Waals surface area contributed by atoms with E-state index in [-0.39, 0.29) is 17.1 Å². The van der Waals surface area contributed by atoms with Gasteiger partial charge in [0.25, 0.3) is 0 Å². The molecule has 0 saturated carbocycles. The van der Waals surface area contributed by atoms with Crippen LogP contribution in [0.2, 0.25) is 0 Å². The Balaban J connectivity index is 2.93. The topological polar surface area (TPSA) is 17.1 Å². The average molecular weight is 192 g/mol. The standard InChI is InChI=1S/C13H20O/c1-5-7-11(14)12-10(2)8-6-9-13(12,3)4/h5-8,10,12H,9H2,1-4H3/b7-5+/t10?,12-/m1/s1. The summed E-state index contributed by atoms with van der Waals surface area (Å²) in [6.07, 6.45) is 8.91. The van der Waals surface area contributed by atoms with Crippen LogP contribution in [0.25, 0.3) is 0 Å². The number of carbonyl (C=O) groups is 1. The van der Waals surface area contributed by atoms with Gasteiger partial charge in [0.15, 0.2) is 5.78 Å². The highest BCUT2D eigenvalue weighted by Gasteiger charge is 2.38. The van der Waals surface area contributed by atoms with Crippen molar-refractivity contribution in [2.24, 2.45) is 17.3 Å². The van der Waals surface area contributed by atoms with E-state index in [1.807, 2.05) is 13.0 Å². The van der Waals surface area contributed by atoms with Crippen molar-refractivity contribution in [2.75, 3.05) is 0 Å². The van der Waals surface area contributed by atoms with Gasteiger partial charge < -0.3 is 0 Å². The molecule has 2 atom stereocenters. The first-order valence-electron chi connectivity index (χ1n) is 5.32. The van der Waals surface area contributed by atoms with Crippen LogP contribution in [0.4, 0.5) is 0 Å². The Morgan fingerprint density at radius 1 is 1.50 bits per heavy atom. The summed E-state index contributed by atoms with van der Waals surface area (Å²) in [6, 6.07) is 0. The Labute approximate surface area is 86.9 Å². The fourth-order valence-corrected chi connectivity index (χ4v) is 2.45. The second-order valence-electron chi connectivity index (χ2n) is 4.86. The summed E-state index contributed by atoms with van der Waals surface area (Å²) in [5.41, 5.74) is 0.102. The number of allylic oxidation sites excluding steroid dienone is 4. The van der Waals surface area contributed by atoms with Crippen LogP contribution in [0.5, 0.6) is 0 Å². The van der Waals surface area contributed by atoms with E-state index in [1.54, 1.807) is 6.08 Å². The highest BCUT2D eigenvalue weighted by atomic mass is 16.1. The minimum absolute atomic E-state index is 0.102. The van der Waals surface area contributed by atoms with Crippen LogP contribution in [0.3, 0.4) is 0 Å². The van der Waals surface area contributed by atoms with E-state index in [9.17, 15) is 4.79 Å². The van der Waals surface area contributed by atoms with Gasteiger partial charge in [0.2, 0.25) is 0 Å². The zero-order valence-corrected chi connectivity index (χ0v) is 9.58. The predicted octanol–water partition coefficient (Wildman–Crippen LogP) is 3.37. The minimum Gasteiger partial charge on any atom is -0.295 e. The third kappa shape index (κ3) is 2.14. The maximum absolute atomic E-state index is 11.9. The Bertz CT molecular complexity index is 271. The summed E-state index contributed by atoms with van der Waals surface area (Å²) in [6.45, 7) is 8.38. The molecule has 0 aromatic heterocycles. The van der Waals surface area contributed by atoms with Gasteiger partial charge in [-0.3, -0.25) is 4.79 Å².